The maximum absolute atomic E-state index is 13.5. The van der Waals surface area contributed by atoms with E-state index in [1.165, 1.54) is 0 Å². The number of aryl methyl sites for hydroxylation is 1. The summed E-state index contributed by atoms with van der Waals surface area (Å²) in [7, 11) is 0. The molecule has 1 aromatic heterocycles. The van der Waals surface area contributed by atoms with E-state index < -0.39 is 23.6 Å². The van der Waals surface area contributed by atoms with Crippen LogP contribution < -0.4 is 16.4 Å². The quantitative estimate of drug-likeness (QED) is 0.357. The predicted molar refractivity (Wildman–Crippen MR) is 155 cm³/mol. The molecule has 3 amide bonds. The molecule has 10 nitrogen and oxygen atoms in total. The number of piperidine rings is 1. The normalized spacial score (nSPS) is 15.6. The van der Waals surface area contributed by atoms with Gasteiger partial charge < -0.3 is 31.1 Å². The summed E-state index contributed by atoms with van der Waals surface area (Å²) in [4.78, 5) is 44.1. The molecule has 10 heteroatoms. The number of rotatable bonds is 8. The van der Waals surface area contributed by atoms with Gasteiger partial charge in [-0.3, -0.25) is 9.78 Å². The molecule has 3 rings (SSSR count). The molecule has 5 N–H and O–H groups in total. The van der Waals surface area contributed by atoms with Crippen molar-refractivity contribution in [1.29, 1.82) is 0 Å². The number of aliphatic carboxylic acids is 1. The first kappa shape index (κ1) is 30.9. The van der Waals surface area contributed by atoms with E-state index in [9.17, 15) is 19.5 Å². The van der Waals surface area contributed by atoms with Crippen LogP contribution in [-0.4, -0.2) is 51.8 Å². The zero-order valence-electron chi connectivity index (χ0n) is 24.5. The number of carbonyl (C=O) groups excluding carboxylic acids is 2. The number of hydrogen-bond donors (Lipinski definition) is 4. The number of carboxylic acid groups (broad SMARTS) is 1. The van der Waals surface area contributed by atoms with Crippen molar-refractivity contribution in [2.24, 2.45) is 17.6 Å². The van der Waals surface area contributed by atoms with E-state index in [2.05, 4.69) is 24.5 Å². The number of anilines is 1. The molecule has 1 atom stereocenters. The molecule has 40 heavy (non-hydrogen) atoms. The van der Waals surface area contributed by atoms with Crippen LogP contribution in [0.15, 0.2) is 24.3 Å². The Morgan fingerprint density at radius 1 is 1.20 bits per heavy atom. The van der Waals surface area contributed by atoms with Gasteiger partial charge in [-0.15, -0.1) is 0 Å². The number of pyridine rings is 1. The van der Waals surface area contributed by atoms with E-state index in [4.69, 9.17) is 15.5 Å². The molecule has 1 aliphatic rings. The van der Waals surface area contributed by atoms with Crippen LogP contribution in [0.2, 0.25) is 0 Å². The first-order valence-corrected chi connectivity index (χ1v) is 13.9. The number of benzene rings is 1. The number of amides is 3. The molecule has 2 aromatic rings. The largest absolute Gasteiger partial charge is 0.481 e. The third-order valence-electron chi connectivity index (χ3n) is 6.74. The number of alkyl carbamates (subject to hydrolysis) is 1. The Balaban J connectivity index is 2.10. The maximum Gasteiger partial charge on any atom is 0.407 e. The van der Waals surface area contributed by atoms with Gasteiger partial charge in [0.15, 0.2) is 0 Å². The van der Waals surface area contributed by atoms with E-state index in [0.29, 0.717) is 49.7 Å². The molecule has 0 spiro atoms. The second-order valence-electron chi connectivity index (χ2n) is 11.8. The molecule has 1 fully saturated rings. The highest BCUT2D eigenvalue weighted by Gasteiger charge is 2.30. The summed E-state index contributed by atoms with van der Waals surface area (Å²) < 4.78 is 5.47. The number of ether oxygens (including phenoxy) is 1. The Labute approximate surface area is 236 Å². The lowest BCUT2D eigenvalue weighted by atomic mass is 9.92. The molecular weight excluding hydrogens is 510 g/mol. The van der Waals surface area contributed by atoms with Crippen LogP contribution in [-0.2, 0) is 29.0 Å². The smallest absolute Gasteiger partial charge is 0.407 e. The minimum Gasteiger partial charge on any atom is -0.481 e. The molecule has 0 saturated carbocycles. The van der Waals surface area contributed by atoms with Crippen LogP contribution in [0.3, 0.4) is 0 Å². The fourth-order valence-corrected chi connectivity index (χ4v) is 4.85. The van der Waals surface area contributed by atoms with Gasteiger partial charge in [0.2, 0.25) is 0 Å². The van der Waals surface area contributed by atoms with E-state index >= 15 is 0 Å². The molecular formula is C30H43N5O5. The van der Waals surface area contributed by atoms with Crippen LogP contribution in [0.1, 0.15) is 70.0 Å². The van der Waals surface area contributed by atoms with Gasteiger partial charge in [0.25, 0.3) is 0 Å². The minimum atomic E-state index is -0.899. The molecule has 1 aromatic carbocycles. The van der Waals surface area contributed by atoms with Crippen molar-refractivity contribution < 1.29 is 24.2 Å². The molecule has 0 radical (unpaired) electrons. The van der Waals surface area contributed by atoms with Gasteiger partial charge in [-0.05, 0) is 64.0 Å². The Morgan fingerprint density at radius 3 is 2.45 bits per heavy atom. The summed E-state index contributed by atoms with van der Waals surface area (Å²) >= 11 is 0. The van der Waals surface area contributed by atoms with Crippen molar-refractivity contribution in [3.05, 3.63) is 46.8 Å². The number of likely N-dealkylation sites (tertiary alicyclic amines) is 1. The first-order valence-electron chi connectivity index (χ1n) is 13.9. The molecule has 218 valence electrons. The summed E-state index contributed by atoms with van der Waals surface area (Å²) in [5, 5.41) is 15.4. The summed E-state index contributed by atoms with van der Waals surface area (Å²) in [5.74, 6) is -1.20. The van der Waals surface area contributed by atoms with Gasteiger partial charge in [0, 0.05) is 43.0 Å². The number of carboxylic acids is 1. The highest BCUT2D eigenvalue weighted by molar-refractivity contribution is 5.96. The van der Waals surface area contributed by atoms with Crippen molar-refractivity contribution in [3.63, 3.8) is 0 Å². The van der Waals surface area contributed by atoms with Crippen molar-refractivity contribution in [3.8, 4) is 11.1 Å². The third-order valence-corrected chi connectivity index (χ3v) is 6.74. The monoisotopic (exact) mass is 553 g/mol. The van der Waals surface area contributed by atoms with E-state index in [0.717, 1.165) is 27.9 Å². The average Bonchev–Trinajstić information content (AvgIpc) is 2.88. The van der Waals surface area contributed by atoms with Crippen molar-refractivity contribution in [2.45, 2.75) is 79.5 Å². The zero-order valence-corrected chi connectivity index (χ0v) is 24.5. The van der Waals surface area contributed by atoms with Gasteiger partial charge in [0.05, 0.1) is 17.3 Å². The number of aromatic nitrogens is 1. The standard InChI is InChI=1S/C30H43N5O5/c1-18(2)14-24-23(16-32-29(39)40-30(4,5)6)25(21-11-9-20(15-31)10-12-21)26(19(3)33-24)34-28(38)35-13-7-8-22(17-35)27(36)37/h9-12,18,22H,7-8,13-17,31H2,1-6H3,(H,32,39)(H,34,38)(H,36,37). The first-order chi connectivity index (χ1) is 18.8. The summed E-state index contributed by atoms with van der Waals surface area (Å²) in [5.41, 5.74) is 10.5. The SMILES string of the molecule is Cc1nc(CC(C)C)c(CNC(=O)OC(C)(C)C)c(-c2ccc(CN)cc2)c1NC(=O)N1CCCC(C(=O)O)C1. The maximum atomic E-state index is 13.5. The van der Waals surface area contributed by atoms with E-state index in [1.807, 2.05) is 31.2 Å². The Hall–Kier alpha value is -3.66. The van der Waals surface area contributed by atoms with Crippen LogP contribution in [0.25, 0.3) is 11.1 Å². The highest BCUT2D eigenvalue weighted by atomic mass is 16.6. The second-order valence-corrected chi connectivity index (χ2v) is 11.8. The number of nitrogens with two attached hydrogens (primary N) is 1. The molecule has 0 aliphatic carbocycles. The lowest BCUT2D eigenvalue weighted by Crippen LogP contribution is -2.44. The van der Waals surface area contributed by atoms with Crippen LogP contribution in [0.4, 0.5) is 15.3 Å². The van der Waals surface area contributed by atoms with Crippen LogP contribution >= 0.6 is 0 Å². The van der Waals surface area contributed by atoms with Crippen molar-refractivity contribution >= 4 is 23.8 Å². The van der Waals surface area contributed by atoms with E-state index in [1.54, 1.807) is 25.7 Å². The predicted octanol–water partition coefficient (Wildman–Crippen LogP) is 5.07. The highest BCUT2D eigenvalue weighted by Crippen LogP contribution is 2.37. The van der Waals surface area contributed by atoms with Crippen molar-refractivity contribution in [1.82, 2.24) is 15.2 Å². The van der Waals surface area contributed by atoms with Gasteiger partial charge in [0.1, 0.15) is 5.60 Å². The molecule has 2 heterocycles. The lowest BCUT2D eigenvalue weighted by Gasteiger charge is -2.31. The average molecular weight is 554 g/mol. The topological polar surface area (TPSA) is 147 Å². The zero-order chi connectivity index (χ0) is 29.6. The number of urea groups is 1. The van der Waals surface area contributed by atoms with Gasteiger partial charge >= 0.3 is 18.1 Å². The fourth-order valence-electron chi connectivity index (χ4n) is 4.85. The Bertz CT molecular complexity index is 1220. The fraction of sp³-hybridized carbons (Fsp3) is 0.533. The minimum absolute atomic E-state index is 0.145. The number of nitrogens with zero attached hydrogens (tertiary/aromatic N) is 2. The summed E-state index contributed by atoms with van der Waals surface area (Å²) in [6, 6.07) is 7.39. The van der Waals surface area contributed by atoms with Crippen LogP contribution in [0, 0.1) is 18.8 Å². The molecule has 1 unspecified atom stereocenters. The number of hydrogen-bond acceptors (Lipinski definition) is 6. The van der Waals surface area contributed by atoms with Crippen molar-refractivity contribution in [2.75, 3.05) is 18.4 Å². The molecule has 0 bridgehead atoms. The summed E-state index contributed by atoms with van der Waals surface area (Å²) in [6.45, 7) is 12.6. The lowest BCUT2D eigenvalue weighted by molar-refractivity contribution is -0.143. The third kappa shape index (κ3) is 8.17. The number of nitrogens with one attached hydrogen (secondary N) is 2. The van der Waals surface area contributed by atoms with Gasteiger partial charge in [-0.2, -0.15) is 0 Å². The second kappa shape index (κ2) is 13.1. The Kier molecular flexibility index (Phi) is 10.1. The van der Waals surface area contributed by atoms with E-state index in [-0.39, 0.29) is 19.1 Å². The Morgan fingerprint density at radius 2 is 1.88 bits per heavy atom. The van der Waals surface area contributed by atoms with Gasteiger partial charge in [-0.1, -0.05) is 38.1 Å². The van der Waals surface area contributed by atoms with Crippen LogP contribution in [0.5, 0.6) is 0 Å². The van der Waals surface area contributed by atoms with Gasteiger partial charge in [-0.25, -0.2) is 9.59 Å². The molecule has 1 aliphatic heterocycles. The number of carbonyl (C=O) groups is 3. The molecule has 1 saturated heterocycles. The summed E-state index contributed by atoms with van der Waals surface area (Å²) in [6.07, 6.45) is 1.28.